The molecule has 0 amide bonds. The highest BCUT2D eigenvalue weighted by atomic mass is 35.5. The lowest BCUT2D eigenvalue weighted by Gasteiger charge is -2.38. The lowest BCUT2D eigenvalue weighted by molar-refractivity contribution is -0.274. The minimum Gasteiger partial charge on any atom is -0.406 e. The van der Waals surface area contributed by atoms with Gasteiger partial charge in [0.1, 0.15) is 5.75 Å². The first-order valence-electron chi connectivity index (χ1n) is 5.04. The van der Waals surface area contributed by atoms with Crippen LogP contribution in [0.25, 0.3) is 0 Å². The summed E-state index contributed by atoms with van der Waals surface area (Å²) in [4.78, 5) is 0. The molecule has 1 aromatic carbocycles. The van der Waals surface area contributed by atoms with Crippen molar-refractivity contribution in [2.24, 2.45) is 5.73 Å². The maximum Gasteiger partial charge on any atom is 0.573 e. The van der Waals surface area contributed by atoms with Crippen molar-refractivity contribution in [3.63, 3.8) is 0 Å². The maximum absolute atomic E-state index is 11.9. The molecule has 0 atom stereocenters. The molecule has 1 saturated carbocycles. The Balaban J connectivity index is 0.00000144. The summed E-state index contributed by atoms with van der Waals surface area (Å²) >= 11 is 0. The van der Waals surface area contributed by atoms with Gasteiger partial charge in [-0.2, -0.15) is 0 Å². The molecule has 1 aromatic rings. The molecule has 1 aliphatic carbocycles. The molecule has 17 heavy (non-hydrogen) atoms. The maximum atomic E-state index is 11.9. The van der Waals surface area contributed by atoms with Crippen molar-refractivity contribution in [1.82, 2.24) is 0 Å². The predicted molar refractivity (Wildman–Crippen MR) is 60.1 cm³/mol. The topological polar surface area (TPSA) is 35.2 Å². The summed E-state index contributed by atoms with van der Waals surface area (Å²) in [6.45, 7) is 0. The Kier molecular flexibility index (Phi) is 3.94. The van der Waals surface area contributed by atoms with Crippen molar-refractivity contribution in [1.29, 1.82) is 0 Å². The molecule has 0 bridgehead atoms. The quantitative estimate of drug-likeness (QED) is 0.892. The first-order valence-corrected chi connectivity index (χ1v) is 5.04. The summed E-state index contributed by atoms with van der Waals surface area (Å²) < 4.78 is 39.5. The standard InChI is InChI=1S/C11H12F3NO.ClH/c12-11(13,14)16-9-4-2-8(3-5-9)10(15)6-1-7-10;/h2-5H,1,6-7,15H2;1H. The molecule has 2 N–H and O–H groups in total. The third-order valence-corrected chi connectivity index (χ3v) is 2.91. The zero-order chi connectivity index (χ0) is 11.8. The van der Waals surface area contributed by atoms with E-state index < -0.39 is 6.36 Å². The SMILES string of the molecule is Cl.NC1(c2ccc(OC(F)(F)F)cc2)CCC1. The van der Waals surface area contributed by atoms with Gasteiger partial charge in [-0.3, -0.25) is 0 Å². The van der Waals surface area contributed by atoms with Crippen molar-refractivity contribution in [3.8, 4) is 5.75 Å². The van der Waals surface area contributed by atoms with Crippen molar-refractivity contribution in [3.05, 3.63) is 29.8 Å². The lowest BCUT2D eigenvalue weighted by atomic mass is 9.73. The second kappa shape index (κ2) is 4.74. The van der Waals surface area contributed by atoms with Crippen LogP contribution in [-0.2, 0) is 5.54 Å². The second-order valence-corrected chi connectivity index (χ2v) is 4.08. The molecule has 0 aromatic heterocycles. The summed E-state index contributed by atoms with van der Waals surface area (Å²) in [5, 5.41) is 0. The fraction of sp³-hybridized carbons (Fsp3) is 0.455. The molecule has 0 saturated heterocycles. The monoisotopic (exact) mass is 267 g/mol. The molecule has 0 heterocycles. The van der Waals surface area contributed by atoms with E-state index in [-0.39, 0.29) is 23.7 Å². The van der Waals surface area contributed by atoms with Crippen LogP contribution >= 0.6 is 12.4 Å². The van der Waals surface area contributed by atoms with Crippen LogP contribution in [-0.4, -0.2) is 6.36 Å². The minimum atomic E-state index is -4.64. The molecule has 2 nitrogen and oxygen atoms in total. The normalized spacial score (nSPS) is 17.9. The van der Waals surface area contributed by atoms with Crippen molar-refractivity contribution < 1.29 is 17.9 Å². The van der Waals surface area contributed by atoms with Gasteiger partial charge in [0.15, 0.2) is 0 Å². The van der Waals surface area contributed by atoms with E-state index in [2.05, 4.69) is 4.74 Å². The molecule has 0 radical (unpaired) electrons. The Labute approximate surface area is 103 Å². The highest BCUT2D eigenvalue weighted by molar-refractivity contribution is 5.85. The van der Waals surface area contributed by atoms with Gasteiger partial charge in [0.25, 0.3) is 0 Å². The molecule has 6 heteroatoms. The average Bonchev–Trinajstić information content (AvgIpc) is 2.13. The van der Waals surface area contributed by atoms with E-state index in [4.69, 9.17) is 5.73 Å². The number of halogens is 4. The Morgan fingerprint density at radius 3 is 2.00 bits per heavy atom. The number of alkyl halides is 3. The van der Waals surface area contributed by atoms with Crippen LogP contribution in [0.3, 0.4) is 0 Å². The van der Waals surface area contributed by atoms with Gasteiger partial charge in [0.2, 0.25) is 0 Å². The summed E-state index contributed by atoms with van der Waals surface area (Å²) in [6, 6.07) is 5.80. The van der Waals surface area contributed by atoms with Crippen molar-refractivity contribution >= 4 is 12.4 Å². The van der Waals surface area contributed by atoms with E-state index in [1.54, 1.807) is 12.1 Å². The highest BCUT2D eigenvalue weighted by Crippen LogP contribution is 2.39. The summed E-state index contributed by atoms with van der Waals surface area (Å²) in [5.41, 5.74) is 6.56. The predicted octanol–water partition coefficient (Wildman–Crippen LogP) is 3.34. The van der Waals surface area contributed by atoms with Gasteiger partial charge in [-0.05, 0) is 37.0 Å². The first kappa shape index (κ1) is 14.1. The molecule has 1 aliphatic rings. The van der Waals surface area contributed by atoms with E-state index in [9.17, 15) is 13.2 Å². The third-order valence-electron chi connectivity index (χ3n) is 2.91. The van der Waals surface area contributed by atoms with Gasteiger partial charge >= 0.3 is 6.36 Å². The zero-order valence-electron chi connectivity index (χ0n) is 8.96. The van der Waals surface area contributed by atoms with Gasteiger partial charge in [0, 0.05) is 5.54 Å². The number of ether oxygens (including phenoxy) is 1. The van der Waals surface area contributed by atoms with E-state index in [0.29, 0.717) is 0 Å². The van der Waals surface area contributed by atoms with Gasteiger partial charge < -0.3 is 10.5 Å². The summed E-state index contributed by atoms with van der Waals surface area (Å²) in [7, 11) is 0. The van der Waals surface area contributed by atoms with E-state index in [0.717, 1.165) is 24.8 Å². The van der Waals surface area contributed by atoms with Crippen LogP contribution < -0.4 is 10.5 Å². The minimum absolute atomic E-state index is 0. The highest BCUT2D eigenvalue weighted by Gasteiger charge is 2.35. The number of nitrogens with two attached hydrogens (primary N) is 1. The van der Waals surface area contributed by atoms with Crippen molar-refractivity contribution in [2.75, 3.05) is 0 Å². The molecule has 96 valence electrons. The van der Waals surface area contributed by atoms with Crippen LogP contribution in [0.5, 0.6) is 5.75 Å². The second-order valence-electron chi connectivity index (χ2n) is 4.08. The summed E-state index contributed by atoms with van der Waals surface area (Å²) in [6.07, 6.45) is -1.81. The van der Waals surface area contributed by atoms with Crippen LogP contribution in [0, 0.1) is 0 Å². The Morgan fingerprint density at radius 1 is 1.12 bits per heavy atom. The van der Waals surface area contributed by atoms with Gasteiger partial charge in [-0.1, -0.05) is 12.1 Å². The summed E-state index contributed by atoms with van der Waals surface area (Å²) in [5.74, 6) is -0.209. The van der Waals surface area contributed by atoms with Crippen molar-refractivity contribution in [2.45, 2.75) is 31.2 Å². The van der Waals surface area contributed by atoms with Crippen LogP contribution in [0.1, 0.15) is 24.8 Å². The molecule has 2 rings (SSSR count). The Bertz CT molecular complexity index is 373. The molecule has 0 spiro atoms. The Morgan fingerprint density at radius 2 is 1.65 bits per heavy atom. The smallest absolute Gasteiger partial charge is 0.406 e. The fourth-order valence-corrected chi connectivity index (χ4v) is 1.83. The lowest BCUT2D eigenvalue weighted by Crippen LogP contribution is -2.43. The first-order chi connectivity index (χ1) is 7.39. The van der Waals surface area contributed by atoms with Gasteiger partial charge in [-0.25, -0.2) is 0 Å². The number of hydrogen-bond acceptors (Lipinski definition) is 2. The number of benzene rings is 1. The third kappa shape index (κ3) is 3.26. The largest absolute Gasteiger partial charge is 0.573 e. The van der Waals surface area contributed by atoms with Gasteiger partial charge in [0.05, 0.1) is 0 Å². The van der Waals surface area contributed by atoms with Crippen LogP contribution in [0.2, 0.25) is 0 Å². The molecule has 0 unspecified atom stereocenters. The van der Waals surface area contributed by atoms with E-state index in [1.165, 1.54) is 12.1 Å². The number of hydrogen-bond donors (Lipinski definition) is 1. The molecular formula is C11H13ClF3NO. The fourth-order valence-electron chi connectivity index (χ4n) is 1.83. The van der Waals surface area contributed by atoms with Crippen LogP contribution in [0.4, 0.5) is 13.2 Å². The van der Waals surface area contributed by atoms with Crippen LogP contribution in [0.15, 0.2) is 24.3 Å². The van der Waals surface area contributed by atoms with E-state index in [1.807, 2.05) is 0 Å². The zero-order valence-corrected chi connectivity index (χ0v) is 9.77. The number of rotatable bonds is 2. The average molecular weight is 268 g/mol. The molecule has 1 fully saturated rings. The molecular weight excluding hydrogens is 255 g/mol. The molecule has 0 aliphatic heterocycles. The van der Waals surface area contributed by atoms with Gasteiger partial charge in [-0.15, -0.1) is 25.6 Å². The Hall–Kier alpha value is -0.940. The van der Waals surface area contributed by atoms with E-state index >= 15 is 0 Å².